The number of fused-ring (bicyclic) bond motifs is 5. The van der Waals surface area contributed by atoms with Crippen molar-refractivity contribution >= 4 is 11.8 Å². The van der Waals surface area contributed by atoms with Crippen LogP contribution in [0.3, 0.4) is 0 Å². The summed E-state index contributed by atoms with van der Waals surface area (Å²) < 4.78 is 5.45. The average Bonchev–Trinajstić information content (AvgIpc) is 3.10. The minimum absolute atomic E-state index is 0.0404. The van der Waals surface area contributed by atoms with Crippen molar-refractivity contribution in [3.8, 4) is 0 Å². The van der Waals surface area contributed by atoms with Crippen molar-refractivity contribution in [2.75, 3.05) is 0 Å². The highest BCUT2D eigenvalue weighted by Crippen LogP contribution is 2.61. The van der Waals surface area contributed by atoms with E-state index in [4.69, 9.17) is 4.74 Å². The molecule has 32 heavy (non-hydrogen) atoms. The van der Waals surface area contributed by atoms with Gasteiger partial charge in [-0.25, -0.2) is 0 Å². The molecule has 0 N–H and O–H groups in total. The van der Waals surface area contributed by atoms with Crippen LogP contribution < -0.4 is 0 Å². The van der Waals surface area contributed by atoms with Crippen LogP contribution in [0.1, 0.15) is 114 Å². The first-order valence-electron chi connectivity index (χ1n) is 13.0. The molecular weight excluding hydrogens is 396 g/mol. The Morgan fingerprint density at radius 1 is 1.03 bits per heavy atom. The van der Waals surface area contributed by atoms with E-state index in [9.17, 15) is 9.59 Å². The van der Waals surface area contributed by atoms with E-state index in [2.05, 4.69) is 46.8 Å². The summed E-state index contributed by atoms with van der Waals surface area (Å²) in [5, 5.41) is 0. The summed E-state index contributed by atoms with van der Waals surface area (Å²) in [5.74, 6) is 3.43. The van der Waals surface area contributed by atoms with E-state index < -0.39 is 6.10 Å². The molecule has 0 radical (unpaired) electrons. The van der Waals surface area contributed by atoms with Gasteiger partial charge in [0.15, 0.2) is 11.9 Å². The number of Topliss-reactive ketones (excluding diaryl/α,β-unsaturated/α-hetero) is 1. The van der Waals surface area contributed by atoms with Gasteiger partial charge in [0.2, 0.25) is 0 Å². The van der Waals surface area contributed by atoms with E-state index in [1.807, 2.05) is 0 Å². The van der Waals surface area contributed by atoms with Crippen LogP contribution in [0.2, 0.25) is 0 Å². The first-order valence-corrected chi connectivity index (χ1v) is 13.0. The van der Waals surface area contributed by atoms with Crippen molar-refractivity contribution < 1.29 is 14.3 Å². The minimum Gasteiger partial charge on any atom is -0.450 e. The summed E-state index contributed by atoms with van der Waals surface area (Å²) in [6.45, 7) is 13.6. The lowest BCUT2D eigenvalue weighted by atomic mass is 9.59. The molecule has 1 saturated carbocycles. The van der Waals surface area contributed by atoms with Gasteiger partial charge < -0.3 is 4.74 Å². The minimum atomic E-state index is -0.700. The molecule has 1 fully saturated rings. The molecule has 0 aromatic heterocycles. The maximum Gasteiger partial charge on any atom is 0.303 e. The van der Waals surface area contributed by atoms with Crippen molar-refractivity contribution in [3.05, 3.63) is 34.4 Å². The summed E-state index contributed by atoms with van der Waals surface area (Å²) in [5.41, 5.74) is 5.62. The third-order valence-corrected chi connectivity index (χ3v) is 9.58. The van der Waals surface area contributed by atoms with Gasteiger partial charge >= 0.3 is 5.97 Å². The monoisotopic (exact) mass is 438 g/mol. The Balaban J connectivity index is 1.58. The Hall–Kier alpha value is -1.64. The molecule has 3 heteroatoms. The zero-order valence-corrected chi connectivity index (χ0v) is 21.0. The molecule has 0 saturated heterocycles. The van der Waals surface area contributed by atoms with Gasteiger partial charge in [-0.3, -0.25) is 9.59 Å². The predicted molar refractivity (Wildman–Crippen MR) is 129 cm³/mol. The molecule has 176 valence electrons. The predicted octanol–water partition coefficient (Wildman–Crippen LogP) is 6.96. The molecule has 0 amide bonds. The van der Waals surface area contributed by atoms with E-state index in [1.54, 1.807) is 0 Å². The molecule has 0 unspecified atom stereocenters. The van der Waals surface area contributed by atoms with Gasteiger partial charge in [-0.1, -0.05) is 59.6 Å². The Labute approximate surface area is 194 Å². The fraction of sp³-hybridized carbons (Fsp3) is 0.724. The molecule has 0 aliphatic heterocycles. The number of ether oxygens (including phenoxy) is 1. The van der Waals surface area contributed by atoms with E-state index in [-0.39, 0.29) is 11.8 Å². The number of benzene rings is 1. The van der Waals surface area contributed by atoms with Crippen LogP contribution in [0.25, 0.3) is 0 Å². The number of rotatable bonds is 6. The van der Waals surface area contributed by atoms with Crippen LogP contribution in [0.5, 0.6) is 0 Å². The second-order valence-electron chi connectivity index (χ2n) is 11.7. The molecule has 0 spiro atoms. The van der Waals surface area contributed by atoms with Crippen LogP contribution >= 0.6 is 0 Å². The molecule has 0 heterocycles. The lowest BCUT2D eigenvalue weighted by Gasteiger charge is -2.45. The molecule has 4 rings (SSSR count). The molecule has 3 aliphatic rings. The maximum atomic E-state index is 12.5. The highest BCUT2D eigenvalue weighted by molar-refractivity contribution is 5.89. The first-order chi connectivity index (χ1) is 15.1. The third-order valence-electron chi connectivity index (χ3n) is 9.58. The largest absolute Gasteiger partial charge is 0.450 e. The Morgan fingerprint density at radius 2 is 1.72 bits per heavy atom. The van der Waals surface area contributed by atoms with E-state index in [0.717, 1.165) is 42.1 Å². The van der Waals surface area contributed by atoms with E-state index in [0.29, 0.717) is 17.8 Å². The number of carbonyl (C=O) groups excluding carboxylic acids is 2. The second-order valence-corrected chi connectivity index (χ2v) is 11.7. The van der Waals surface area contributed by atoms with Crippen LogP contribution in [-0.2, 0) is 27.2 Å². The number of ketones is 1. The average molecular weight is 439 g/mol. The Bertz CT molecular complexity index is 885. The zero-order chi connectivity index (χ0) is 23.2. The molecule has 3 aliphatic carbocycles. The molecular formula is C29H42O3. The highest BCUT2D eigenvalue weighted by atomic mass is 16.5. The smallest absolute Gasteiger partial charge is 0.303 e. The highest BCUT2D eigenvalue weighted by Gasteiger charge is 2.51. The van der Waals surface area contributed by atoms with E-state index >= 15 is 0 Å². The van der Waals surface area contributed by atoms with Crippen molar-refractivity contribution in [3.63, 3.8) is 0 Å². The van der Waals surface area contributed by atoms with Crippen LogP contribution in [0, 0.1) is 29.1 Å². The van der Waals surface area contributed by atoms with Gasteiger partial charge in [0, 0.05) is 18.9 Å². The summed E-state index contributed by atoms with van der Waals surface area (Å²) in [7, 11) is 0. The fourth-order valence-corrected chi connectivity index (χ4v) is 7.26. The van der Waals surface area contributed by atoms with Gasteiger partial charge in [0.25, 0.3) is 0 Å². The normalized spacial score (nSPS) is 31.0. The molecule has 3 nitrogen and oxygen atoms in total. The van der Waals surface area contributed by atoms with Crippen molar-refractivity contribution in [2.24, 2.45) is 29.1 Å². The quantitative estimate of drug-likeness (QED) is 0.451. The molecule has 1 aromatic rings. The first kappa shape index (κ1) is 23.5. The summed E-state index contributed by atoms with van der Waals surface area (Å²) in [6.07, 6.45) is 8.21. The summed E-state index contributed by atoms with van der Waals surface area (Å²) >= 11 is 0. The standard InChI is InChI=1S/C29H42O3/c1-17(2)18(3)7-8-19(4)25-12-13-26-23-9-10-24-21(22(23)15-16-29(25,26)6)11-14-27(31)28(24)32-20(5)30/h9-10,17-19,25-26,28H,7-8,11-16H2,1-6H3/t18-,19+,25+,26+,28-,29-/m0/s1. The molecule has 1 aromatic carbocycles. The Morgan fingerprint density at radius 3 is 2.41 bits per heavy atom. The van der Waals surface area contributed by atoms with Gasteiger partial charge in [-0.2, -0.15) is 0 Å². The van der Waals surface area contributed by atoms with Crippen LogP contribution in [0.15, 0.2) is 12.1 Å². The number of carbonyl (C=O) groups is 2. The lowest BCUT2D eigenvalue weighted by Crippen LogP contribution is -2.36. The van der Waals surface area contributed by atoms with Gasteiger partial charge in [0.1, 0.15) is 0 Å². The third kappa shape index (κ3) is 4.05. The number of hydrogen-bond donors (Lipinski definition) is 0. The maximum absolute atomic E-state index is 12.5. The topological polar surface area (TPSA) is 43.4 Å². The molecule has 0 bridgehead atoms. The fourth-order valence-electron chi connectivity index (χ4n) is 7.26. The SMILES string of the molecule is CC(=O)O[C@@H]1C(=O)CCc2c1ccc1c2CC[C@]2(C)[C@@H]1CC[C@@H]2[C@H](C)CC[C@H](C)C(C)C. The molecule has 6 atom stereocenters. The van der Waals surface area contributed by atoms with Crippen molar-refractivity contribution in [1.29, 1.82) is 0 Å². The second kappa shape index (κ2) is 8.95. The number of esters is 1. The number of hydrogen-bond acceptors (Lipinski definition) is 3. The van der Waals surface area contributed by atoms with Gasteiger partial charge in [-0.15, -0.1) is 0 Å². The van der Waals surface area contributed by atoms with Gasteiger partial charge in [0.05, 0.1) is 0 Å². The van der Waals surface area contributed by atoms with Gasteiger partial charge in [-0.05, 0) is 83.8 Å². The van der Waals surface area contributed by atoms with Crippen LogP contribution in [0.4, 0.5) is 0 Å². The van der Waals surface area contributed by atoms with E-state index in [1.165, 1.54) is 55.7 Å². The lowest BCUT2D eigenvalue weighted by molar-refractivity contribution is -0.154. The van der Waals surface area contributed by atoms with Crippen molar-refractivity contribution in [2.45, 2.75) is 105 Å². The Kier molecular flexibility index (Phi) is 6.58. The summed E-state index contributed by atoms with van der Waals surface area (Å²) in [4.78, 5) is 24.1. The summed E-state index contributed by atoms with van der Waals surface area (Å²) in [6, 6.07) is 4.38. The van der Waals surface area contributed by atoms with Crippen molar-refractivity contribution in [1.82, 2.24) is 0 Å². The zero-order valence-electron chi connectivity index (χ0n) is 21.0. The van der Waals surface area contributed by atoms with Crippen LogP contribution in [-0.4, -0.2) is 11.8 Å².